The Hall–Kier alpha value is -2.41. The predicted octanol–water partition coefficient (Wildman–Crippen LogP) is 2.55. The van der Waals surface area contributed by atoms with Crippen LogP contribution in [0.1, 0.15) is 23.2 Å². The van der Waals surface area contributed by atoms with E-state index in [2.05, 4.69) is 15.5 Å². The molecule has 2 aromatic rings. The van der Waals surface area contributed by atoms with E-state index in [9.17, 15) is 4.79 Å². The summed E-state index contributed by atoms with van der Waals surface area (Å²) >= 11 is 1.52. The zero-order valence-electron chi connectivity index (χ0n) is 13.5. The van der Waals surface area contributed by atoms with Gasteiger partial charge in [-0.3, -0.25) is 4.79 Å². The van der Waals surface area contributed by atoms with Gasteiger partial charge in [-0.05, 0) is 32.0 Å². The van der Waals surface area contributed by atoms with Crippen molar-refractivity contribution in [3.8, 4) is 11.5 Å². The zero-order chi connectivity index (χ0) is 16.8. The summed E-state index contributed by atoms with van der Waals surface area (Å²) in [5.74, 6) is 1.15. The number of aromatic nitrogens is 1. The number of benzene rings is 1. The van der Waals surface area contributed by atoms with Gasteiger partial charge >= 0.3 is 0 Å². The molecule has 0 radical (unpaired) electrons. The molecule has 23 heavy (non-hydrogen) atoms. The Labute approximate surface area is 139 Å². The molecule has 2 rings (SSSR count). The SMILES string of the molecule is COc1ccc(OC)c(/C(C)=N\NC(=O)Cc2csc(C)n2)c1. The lowest BCUT2D eigenvalue weighted by atomic mass is 10.1. The molecule has 0 aliphatic carbocycles. The van der Waals surface area contributed by atoms with Crippen LogP contribution in [0.4, 0.5) is 0 Å². The first-order chi connectivity index (χ1) is 11.0. The van der Waals surface area contributed by atoms with Crippen molar-refractivity contribution in [3.63, 3.8) is 0 Å². The molecule has 0 bridgehead atoms. The largest absolute Gasteiger partial charge is 0.497 e. The maximum atomic E-state index is 11.9. The van der Waals surface area contributed by atoms with E-state index in [1.165, 1.54) is 11.3 Å². The van der Waals surface area contributed by atoms with Gasteiger partial charge in [0.05, 0.1) is 37.1 Å². The van der Waals surface area contributed by atoms with Crippen molar-refractivity contribution in [2.75, 3.05) is 14.2 Å². The van der Waals surface area contributed by atoms with Crippen molar-refractivity contribution in [1.29, 1.82) is 0 Å². The minimum Gasteiger partial charge on any atom is -0.497 e. The summed E-state index contributed by atoms with van der Waals surface area (Å²) in [4.78, 5) is 16.2. The molecule has 0 fully saturated rings. The first-order valence-electron chi connectivity index (χ1n) is 7.00. The van der Waals surface area contributed by atoms with E-state index in [-0.39, 0.29) is 12.3 Å². The van der Waals surface area contributed by atoms with Crippen LogP contribution >= 0.6 is 11.3 Å². The van der Waals surface area contributed by atoms with E-state index >= 15 is 0 Å². The van der Waals surface area contributed by atoms with Crippen LogP contribution in [-0.2, 0) is 11.2 Å². The second kappa shape index (κ2) is 7.73. The molecule has 0 aliphatic rings. The summed E-state index contributed by atoms with van der Waals surface area (Å²) < 4.78 is 10.5. The van der Waals surface area contributed by atoms with Gasteiger partial charge in [-0.15, -0.1) is 11.3 Å². The molecule has 7 heteroatoms. The van der Waals surface area contributed by atoms with Crippen molar-refractivity contribution in [2.24, 2.45) is 5.10 Å². The standard InChI is InChI=1S/C16H19N3O3S/c1-10(14-8-13(21-3)5-6-15(14)22-4)18-19-16(20)7-12-9-23-11(2)17-12/h5-6,8-9H,7H2,1-4H3,(H,19,20)/b18-10-. The maximum Gasteiger partial charge on any atom is 0.246 e. The number of hydrogen-bond acceptors (Lipinski definition) is 6. The van der Waals surface area contributed by atoms with Gasteiger partial charge in [0.1, 0.15) is 11.5 Å². The number of thiazole rings is 1. The van der Waals surface area contributed by atoms with Crippen LogP contribution < -0.4 is 14.9 Å². The minimum atomic E-state index is -0.212. The Bertz CT molecular complexity index is 725. The lowest BCUT2D eigenvalue weighted by Gasteiger charge is -2.10. The van der Waals surface area contributed by atoms with E-state index in [0.29, 0.717) is 17.2 Å². The van der Waals surface area contributed by atoms with Crippen LogP contribution in [0.15, 0.2) is 28.7 Å². The van der Waals surface area contributed by atoms with Crippen LogP contribution in [0.2, 0.25) is 0 Å². The first kappa shape index (κ1) is 17.0. The van der Waals surface area contributed by atoms with E-state index in [1.54, 1.807) is 33.3 Å². The molecule has 122 valence electrons. The number of nitrogens with one attached hydrogen (secondary N) is 1. The quantitative estimate of drug-likeness (QED) is 0.651. The highest BCUT2D eigenvalue weighted by molar-refractivity contribution is 7.09. The highest BCUT2D eigenvalue weighted by Crippen LogP contribution is 2.24. The molecular weight excluding hydrogens is 314 g/mol. The second-order valence-electron chi connectivity index (χ2n) is 4.83. The van der Waals surface area contributed by atoms with Crippen LogP contribution in [-0.4, -0.2) is 30.8 Å². The molecule has 0 saturated heterocycles. The number of hydrogen-bond donors (Lipinski definition) is 1. The van der Waals surface area contributed by atoms with Gasteiger partial charge in [-0.2, -0.15) is 5.10 Å². The molecule has 1 amide bonds. The molecule has 1 heterocycles. The molecule has 0 unspecified atom stereocenters. The Morgan fingerprint density at radius 3 is 2.74 bits per heavy atom. The molecular formula is C16H19N3O3S. The molecule has 6 nitrogen and oxygen atoms in total. The molecule has 0 spiro atoms. The maximum absolute atomic E-state index is 11.9. The second-order valence-corrected chi connectivity index (χ2v) is 5.90. The summed E-state index contributed by atoms with van der Waals surface area (Å²) in [6, 6.07) is 5.42. The summed E-state index contributed by atoms with van der Waals surface area (Å²) in [5, 5.41) is 6.95. The third-order valence-corrected chi connectivity index (χ3v) is 3.98. The van der Waals surface area contributed by atoms with Crippen molar-refractivity contribution in [2.45, 2.75) is 20.3 Å². The highest BCUT2D eigenvalue weighted by Gasteiger charge is 2.10. The number of amides is 1. The average Bonchev–Trinajstić information content (AvgIpc) is 2.96. The summed E-state index contributed by atoms with van der Waals surface area (Å²) in [6.07, 6.45) is 0.205. The van der Waals surface area contributed by atoms with Gasteiger partial charge in [0, 0.05) is 10.9 Å². The number of methoxy groups -OCH3 is 2. The number of carbonyl (C=O) groups excluding carboxylic acids is 1. The fourth-order valence-corrected chi connectivity index (χ4v) is 2.61. The van der Waals surface area contributed by atoms with Gasteiger partial charge in [0.15, 0.2) is 0 Å². The van der Waals surface area contributed by atoms with Gasteiger partial charge in [-0.1, -0.05) is 0 Å². The summed E-state index contributed by atoms with van der Waals surface area (Å²) in [5.41, 5.74) is 4.68. The Balaban J connectivity index is 2.08. The number of rotatable bonds is 6. The van der Waals surface area contributed by atoms with Crippen LogP contribution in [0, 0.1) is 6.92 Å². The van der Waals surface area contributed by atoms with Crippen LogP contribution in [0.5, 0.6) is 11.5 Å². The molecule has 1 N–H and O–H groups in total. The van der Waals surface area contributed by atoms with Crippen LogP contribution in [0.3, 0.4) is 0 Å². The van der Waals surface area contributed by atoms with Crippen molar-refractivity contribution in [1.82, 2.24) is 10.4 Å². The number of carbonyl (C=O) groups is 1. The van der Waals surface area contributed by atoms with Crippen molar-refractivity contribution in [3.05, 3.63) is 39.8 Å². The van der Waals surface area contributed by atoms with Crippen molar-refractivity contribution < 1.29 is 14.3 Å². The number of hydrazone groups is 1. The number of aryl methyl sites for hydroxylation is 1. The number of ether oxygens (including phenoxy) is 2. The Morgan fingerprint density at radius 2 is 2.13 bits per heavy atom. The number of nitrogens with zero attached hydrogens (tertiary/aromatic N) is 2. The summed E-state index contributed by atoms with van der Waals surface area (Å²) in [6.45, 7) is 3.70. The van der Waals surface area contributed by atoms with E-state index in [4.69, 9.17) is 9.47 Å². The summed E-state index contributed by atoms with van der Waals surface area (Å²) in [7, 11) is 3.18. The van der Waals surface area contributed by atoms with E-state index < -0.39 is 0 Å². The fraction of sp³-hybridized carbons (Fsp3) is 0.312. The Kier molecular flexibility index (Phi) is 5.70. The third-order valence-electron chi connectivity index (χ3n) is 3.15. The van der Waals surface area contributed by atoms with E-state index in [1.807, 2.05) is 18.4 Å². The highest BCUT2D eigenvalue weighted by atomic mass is 32.1. The fourth-order valence-electron chi connectivity index (χ4n) is 2.00. The first-order valence-corrected chi connectivity index (χ1v) is 7.88. The molecule has 1 aromatic carbocycles. The third kappa shape index (κ3) is 4.53. The minimum absolute atomic E-state index is 0.205. The molecule has 0 atom stereocenters. The topological polar surface area (TPSA) is 72.8 Å². The lowest BCUT2D eigenvalue weighted by molar-refractivity contribution is -0.120. The Morgan fingerprint density at radius 1 is 1.35 bits per heavy atom. The van der Waals surface area contributed by atoms with Crippen LogP contribution in [0.25, 0.3) is 0 Å². The average molecular weight is 333 g/mol. The lowest BCUT2D eigenvalue weighted by Crippen LogP contribution is -2.21. The normalized spacial score (nSPS) is 11.2. The van der Waals surface area contributed by atoms with E-state index in [0.717, 1.165) is 16.3 Å². The van der Waals surface area contributed by atoms with Crippen molar-refractivity contribution >= 4 is 23.0 Å². The molecule has 0 aliphatic heterocycles. The molecule has 1 aromatic heterocycles. The molecule has 0 saturated carbocycles. The monoisotopic (exact) mass is 333 g/mol. The van der Waals surface area contributed by atoms with Gasteiger partial charge in [0.25, 0.3) is 0 Å². The zero-order valence-corrected chi connectivity index (χ0v) is 14.4. The van der Waals surface area contributed by atoms with Gasteiger partial charge in [0.2, 0.25) is 5.91 Å². The van der Waals surface area contributed by atoms with Gasteiger partial charge in [-0.25, -0.2) is 10.4 Å². The smallest absolute Gasteiger partial charge is 0.246 e. The predicted molar refractivity (Wildman–Crippen MR) is 90.5 cm³/mol. The van der Waals surface area contributed by atoms with Gasteiger partial charge < -0.3 is 9.47 Å².